The first-order chi connectivity index (χ1) is 6.24. The molecule has 70 valence electrons. The highest BCUT2D eigenvalue weighted by molar-refractivity contribution is 5.42. The van der Waals surface area contributed by atoms with Crippen molar-refractivity contribution in [1.29, 1.82) is 0 Å². The third kappa shape index (κ3) is 1.25. The molecule has 0 spiro atoms. The average molecular weight is 179 g/mol. The van der Waals surface area contributed by atoms with E-state index in [4.69, 9.17) is 5.73 Å². The minimum Gasteiger partial charge on any atom is -0.324 e. The quantitative estimate of drug-likeness (QED) is 0.703. The van der Waals surface area contributed by atoms with E-state index in [1.54, 1.807) is 6.07 Å². The van der Waals surface area contributed by atoms with E-state index in [9.17, 15) is 4.39 Å². The van der Waals surface area contributed by atoms with Crippen molar-refractivity contribution < 1.29 is 4.39 Å². The first kappa shape index (κ1) is 8.70. The molecule has 1 aliphatic carbocycles. The van der Waals surface area contributed by atoms with E-state index < -0.39 is 0 Å². The maximum atomic E-state index is 13.3. The number of fused-ring (bicyclic) bond motifs is 1. The van der Waals surface area contributed by atoms with Crippen molar-refractivity contribution in [1.82, 2.24) is 0 Å². The molecule has 0 amide bonds. The summed E-state index contributed by atoms with van der Waals surface area (Å²) in [6, 6.07) is 3.48. The molecule has 1 atom stereocenters. The fourth-order valence-electron chi connectivity index (χ4n) is 2.16. The van der Waals surface area contributed by atoms with Crippen molar-refractivity contribution in [3.05, 3.63) is 34.6 Å². The van der Waals surface area contributed by atoms with Gasteiger partial charge in [-0.2, -0.15) is 0 Å². The summed E-state index contributed by atoms with van der Waals surface area (Å²) in [4.78, 5) is 0. The van der Waals surface area contributed by atoms with Crippen molar-refractivity contribution in [3.8, 4) is 0 Å². The molecule has 0 aromatic heterocycles. The van der Waals surface area contributed by atoms with Crippen LogP contribution in [0.15, 0.2) is 12.1 Å². The molecule has 2 rings (SSSR count). The van der Waals surface area contributed by atoms with E-state index in [1.807, 2.05) is 6.07 Å². The predicted molar refractivity (Wildman–Crippen MR) is 51.0 cm³/mol. The Morgan fingerprint density at radius 3 is 3.00 bits per heavy atom. The van der Waals surface area contributed by atoms with Gasteiger partial charge in [-0.05, 0) is 42.0 Å². The Labute approximate surface area is 77.8 Å². The van der Waals surface area contributed by atoms with Crippen molar-refractivity contribution in [2.24, 2.45) is 5.73 Å². The molecule has 0 saturated heterocycles. The van der Waals surface area contributed by atoms with E-state index in [1.165, 1.54) is 5.56 Å². The van der Waals surface area contributed by atoms with Gasteiger partial charge in [-0.25, -0.2) is 4.39 Å². The second-order valence-electron chi connectivity index (χ2n) is 3.60. The highest BCUT2D eigenvalue weighted by Crippen LogP contribution is 2.33. The monoisotopic (exact) mass is 179 g/mol. The van der Waals surface area contributed by atoms with Gasteiger partial charge in [0, 0.05) is 6.04 Å². The molecule has 13 heavy (non-hydrogen) atoms. The summed E-state index contributed by atoms with van der Waals surface area (Å²) in [5.41, 5.74) is 9.06. The zero-order chi connectivity index (χ0) is 9.42. The molecule has 2 heteroatoms. The number of rotatable bonds is 1. The van der Waals surface area contributed by atoms with Crippen LogP contribution in [0, 0.1) is 5.82 Å². The predicted octanol–water partition coefficient (Wildman–Crippen LogP) is 2.33. The maximum Gasteiger partial charge on any atom is 0.126 e. The lowest BCUT2D eigenvalue weighted by Crippen LogP contribution is -2.08. The third-order valence-corrected chi connectivity index (χ3v) is 2.85. The number of halogens is 1. The van der Waals surface area contributed by atoms with Gasteiger partial charge < -0.3 is 5.73 Å². The Kier molecular flexibility index (Phi) is 2.08. The molecule has 1 aliphatic rings. The van der Waals surface area contributed by atoms with Gasteiger partial charge in [0.1, 0.15) is 5.82 Å². The lowest BCUT2D eigenvalue weighted by Gasteiger charge is -2.10. The van der Waals surface area contributed by atoms with Gasteiger partial charge in [0.15, 0.2) is 0 Å². The van der Waals surface area contributed by atoms with Crippen molar-refractivity contribution in [2.75, 3.05) is 0 Å². The molecule has 0 radical (unpaired) electrons. The molecule has 1 aromatic rings. The smallest absolute Gasteiger partial charge is 0.126 e. The maximum absolute atomic E-state index is 13.3. The van der Waals surface area contributed by atoms with Crippen molar-refractivity contribution >= 4 is 0 Å². The number of nitrogens with two attached hydrogens (primary N) is 1. The van der Waals surface area contributed by atoms with Crippen molar-refractivity contribution in [2.45, 2.75) is 32.2 Å². The molecular formula is C11H14FN. The Bertz CT molecular complexity index is 333. The molecule has 1 aromatic carbocycles. The van der Waals surface area contributed by atoms with Crippen LogP contribution in [0.5, 0.6) is 0 Å². The summed E-state index contributed by atoms with van der Waals surface area (Å²) >= 11 is 0. The van der Waals surface area contributed by atoms with Crippen LogP contribution in [0.3, 0.4) is 0 Å². The summed E-state index contributed by atoms with van der Waals surface area (Å²) in [5.74, 6) is -0.0832. The van der Waals surface area contributed by atoms with E-state index in [0.29, 0.717) is 0 Å². The normalized spacial score (nSPS) is 20.4. The lowest BCUT2D eigenvalue weighted by molar-refractivity contribution is 0.612. The van der Waals surface area contributed by atoms with Gasteiger partial charge in [-0.15, -0.1) is 0 Å². The van der Waals surface area contributed by atoms with Gasteiger partial charge in [0.05, 0.1) is 0 Å². The van der Waals surface area contributed by atoms with E-state index >= 15 is 0 Å². The number of aryl methyl sites for hydroxylation is 1. The number of hydrogen-bond acceptors (Lipinski definition) is 1. The first-order valence-corrected chi connectivity index (χ1v) is 4.79. The molecule has 1 nitrogen and oxygen atoms in total. The summed E-state index contributed by atoms with van der Waals surface area (Å²) in [6.45, 7) is 2.08. The van der Waals surface area contributed by atoms with E-state index in [2.05, 4.69) is 6.92 Å². The van der Waals surface area contributed by atoms with E-state index in [0.717, 1.165) is 30.4 Å². The molecule has 2 N–H and O–H groups in total. The Hall–Kier alpha value is -0.890. The fourth-order valence-corrected chi connectivity index (χ4v) is 2.16. The number of benzene rings is 1. The number of hydrogen-bond donors (Lipinski definition) is 1. The van der Waals surface area contributed by atoms with Gasteiger partial charge >= 0.3 is 0 Å². The molecule has 0 heterocycles. The van der Waals surface area contributed by atoms with Crippen LogP contribution in [-0.4, -0.2) is 0 Å². The van der Waals surface area contributed by atoms with Crippen LogP contribution in [0.1, 0.15) is 36.1 Å². The highest BCUT2D eigenvalue weighted by Gasteiger charge is 2.24. The SMILES string of the molecule is CCc1ccc(F)c2c1[C@@H](N)CC2. The summed E-state index contributed by atoms with van der Waals surface area (Å²) in [5, 5.41) is 0. The largest absolute Gasteiger partial charge is 0.324 e. The third-order valence-electron chi connectivity index (χ3n) is 2.85. The standard InChI is InChI=1S/C11H14FN/c1-2-7-3-5-9(12)8-4-6-10(13)11(7)8/h3,5,10H,2,4,6,13H2,1H3/t10-/m0/s1. The zero-order valence-corrected chi connectivity index (χ0v) is 7.81. The van der Waals surface area contributed by atoms with Crippen LogP contribution in [0.2, 0.25) is 0 Å². The second-order valence-corrected chi connectivity index (χ2v) is 3.60. The van der Waals surface area contributed by atoms with Crippen LogP contribution in [0.25, 0.3) is 0 Å². The molecule has 0 aliphatic heterocycles. The van der Waals surface area contributed by atoms with Gasteiger partial charge in [0.2, 0.25) is 0 Å². The molecule has 0 fully saturated rings. The van der Waals surface area contributed by atoms with Gasteiger partial charge in [-0.1, -0.05) is 13.0 Å². The summed E-state index contributed by atoms with van der Waals surface area (Å²) < 4.78 is 13.3. The lowest BCUT2D eigenvalue weighted by atomic mass is 9.99. The second kappa shape index (κ2) is 3.11. The van der Waals surface area contributed by atoms with Gasteiger partial charge in [0.25, 0.3) is 0 Å². The average Bonchev–Trinajstić information content (AvgIpc) is 2.51. The van der Waals surface area contributed by atoms with Crippen molar-refractivity contribution in [3.63, 3.8) is 0 Å². The Balaban J connectivity index is 2.60. The fraction of sp³-hybridized carbons (Fsp3) is 0.455. The highest BCUT2D eigenvalue weighted by atomic mass is 19.1. The first-order valence-electron chi connectivity index (χ1n) is 4.79. The molecule has 0 unspecified atom stereocenters. The topological polar surface area (TPSA) is 26.0 Å². The minimum atomic E-state index is -0.0832. The molecule has 0 saturated carbocycles. The Morgan fingerprint density at radius 1 is 1.54 bits per heavy atom. The zero-order valence-electron chi connectivity index (χ0n) is 7.81. The summed E-state index contributed by atoms with van der Waals surface area (Å²) in [6.07, 6.45) is 2.63. The van der Waals surface area contributed by atoms with Crippen LogP contribution in [0.4, 0.5) is 4.39 Å². The summed E-state index contributed by atoms with van der Waals surface area (Å²) in [7, 11) is 0. The van der Waals surface area contributed by atoms with Crippen LogP contribution >= 0.6 is 0 Å². The molecule has 0 bridgehead atoms. The minimum absolute atomic E-state index is 0.0562. The molecular weight excluding hydrogens is 165 g/mol. The van der Waals surface area contributed by atoms with E-state index in [-0.39, 0.29) is 11.9 Å². The van der Waals surface area contributed by atoms with Gasteiger partial charge in [-0.3, -0.25) is 0 Å². The van der Waals surface area contributed by atoms with Crippen LogP contribution < -0.4 is 5.73 Å². The Morgan fingerprint density at radius 2 is 2.31 bits per heavy atom. The van der Waals surface area contributed by atoms with Crippen LogP contribution in [-0.2, 0) is 12.8 Å².